The van der Waals surface area contributed by atoms with Crippen molar-refractivity contribution in [2.45, 2.75) is 32.7 Å². The quantitative estimate of drug-likeness (QED) is 0.720. The van der Waals surface area contributed by atoms with Crippen LogP contribution in [0, 0.1) is 0 Å². The van der Waals surface area contributed by atoms with Gasteiger partial charge in [0, 0.05) is 11.8 Å². The maximum Gasteiger partial charge on any atom is 0.150 e. The van der Waals surface area contributed by atoms with Crippen LogP contribution >= 0.6 is 0 Å². The van der Waals surface area contributed by atoms with Crippen LogP contribution in [-0.2, 0) is 9.84 Å². The van der Waals surface area contributed by atoms with E-state index in [1.165, 1.54) is 0 Å². The number of para-hydroxylation sites is 1. The van der Waals surface area contributed by atoms with Crippen molar-refractivity contribution >= 4 is 9.84 Å². The van der Waals surface area contributed by atoms with Crippen LogP contribution in [0.4, 0.5) is 0 Å². The van der Waals surface area contributed by atoms with Gasteiger partial charge < -0.3 is 10.1 Å². The fourth-order valence-corrected chi connectivity index (χ4v) is 2.84. The first-order valence-electron chi connectivity index (χ1n) is 7.19. The highest BCUT2D eigenvalue weighted by atomic mass is 32.2. The third kappa shape index (κ3) is 6.91. The summed E-state index contributed by atoms with van der Waals surface area (Å²) in [5, 5.41) is 3.34. The lowest BCUT2D eigenvalue weighted by atomic mass is 10.2. The monoisotopic (exact) mass is 299 g/mol. The first kappa shape index (κ1) is 17.0. The molecule has 0 fully saturated rings. The van der Waals surface area contributed by atoms with Gasteiger partial charge in [-0.3, -0.25) is 0 Å². The zero-order chi connectivity index (χ0) is 14.8. The largest absolute Gasteiger partial charge is 0.492 e. The van der Waals surface area contributed by atoms with Gasteiger partial charge in [0.05, 0.1) is 5.75 Å². The summed E-state index contributed by atoms with van der Waals surface area (Å²) >= 11 is 0. The average Bonchev–Trinajstić information content (AvgIpc) is 2.46. The second-order valence-electron chi connectivity index (χ2n) is 4.76. The van der Waals surface area contributed by atoms with Gasteiger partial charge in [-0.2, -0.15) is 0 Å². The lowest BCUT2D eigenvalue weighted by molar-refractivity contribution is 0.257. The van der Waals surface area contributed by atoms with Gasteiger partial charge in [0.1, 0.15) is 22.2 Å². The molecule has 0 aliphatic rings. The van der Waals surface area contributed by atoms with Crippen LogP contribution in [-0.4, -0.2) is 39.1 Å². The van der Waals surface area contributed by atoms with Crippen LogP contribution < -0.4 is 10.1 Å². The van der Waals surface area contributed by atoms with E-state index >= 15 is 0 Å². The first-order valence-corrected chi connectivity index (χ1v) is 9.01. The Morgan fingerprint density at radius 2 is 1.90 bits per heavy atom. The van der Waals surface area contributed by atoms with Crippen molar-refractivity contribution in [3.63, 3.8) is 0 Å². The van der Waals surface area contributed by atoms with Crippen molar-refractivity contribution in [1.29, 1.82) is 0 Å². The number of ether oxygens (including phenoxy) is 1. The Morgan fingerprint density at radius 3 is 2.50 bits per heavy atom. The molecule has 1 unspecified atom stereocenters. The maximum absolute atomic E-state index is 11.5. The number of benzene rings is 1. The van der Waals surface area contributed by atoms with E-state index in [1.54, 1.807) is 6.92 Å². The molecule has 5 heteroatoms. The minimum absolute atomic E-state index is 0.187. The minimum Gasteiger partial charge on any atom is -0.492 e. The summed E-state index contributed by atoms with van der Waals surface area (Å²) in [5.41, 5.74) is 0. The van der Waals surface area contributed by atoms with Crippen molar-refractivity contribution in [2.75, 3.05) is 24.7 Å². The number of hydrogen-bond donors (Lipinski definition) is 1. The Labute approximate surface area is 122 Å². The molecular weight excluding hydrogens is 274 g/mol. The molecule has 1 aromatic rings. The molecule has 1 N–H and O–H groups in total. The summed E-state index contributed by atoms with van der Waals surface area (Å²) in [4.78, 5) is 0. The normalized spacial score (nSPS) is 13.1. The molecule has 0 bridgehead atoms. The molecule has 1 atom stereocenters. The Morgan fingerprint density at radius 1 is 1.20 bits per heavy atom. The summed E-state index contributed by atoms with van der Waals surface area (Å²) in [6.45, 7) is 5.14. The van der Waals surface area contributed by atoms with E-state index in [2.05, 4.69) is 5.32 Å². The molecule has 0 saturated carbocycles. The van der Waals surface area contributed by atoms with Gasteiger partial charge in [-0.25, -0.2) is 8.42 Å². The third-order valence-corrected chi connectivity index (χ3v) is 4.93. The van der Waals surface area contributed by atoms with E-state index in [0.717, 1.165) is 18.7 Å². The van der Waals surface area contributed by atoms with Crippen LogP contribution in [0.5, 0.6) is 5.75 Å². The van der Waals surface area contributed by atoms with Gasteiger partial charge in [0.15, 0.2) is 0 Å². The molecule has 0 radical (unpaired) electrons. The Kier molecular flexibility index (Phi) is 7.62. The average molecular weight is 299 g/mol. The molecule has 0 heterocycles. The molecule has 0 aromatic heterocycles. The maximum atomic E-state index is 11.5. The van der Waals surface area contributed by atoms with Crippen molar-refractivity contribution in [3.05, 3.63) is 30.3 Å². The Bertz CT molecular complexity index is 459. The van der Waals surface area contributed by atoms with Crippen LogP contribution in [0.15, 0.2) is 30.3 Å². The number of nitrogens with one attached hydrogen (secondary N) is 1. The van der Waals surface area contributed by atoms with Crippen LogP contribution in [0.2, 0.25) is 0 Å². The molecule has 0 aliphatic carbocycles. The standard InChI is InChI=1S/C15H25NO3S/c1-3-16-14(9-8-12-20(17,18)4-2)13-19-15-10-6-5-7-11-15/h5-7,10-11,14,16H,3-4,8-9,12-13H2,1-2H3. The molecular formula is C15H25NO3S. The van der Waals surface area contributed by atoms with Gasteiger partial charge >= 0.3 is 0 Å². The predicted molar refractivity (Wildman–Crippen MR) is 83.0 cm³/mol. The Hall–Kier alpha value is -1.07. The fourth-order valence-electron chi connectivity index (χ4n) is 1.94. The Balaban J connectivity index is 2.36. The van der Waals surface area contributed by atoms with Crippen LogP contribution in [0.25, 0.3) is 0 Å². The van der Waals surface area contributed by atoms with Gasteiger partial charge in [-0.15, -0.1) is 0 Å². The van der Waals surface area contributed by atoms with E-state index in [4.69, 9.17) is 4.74 Å². The van der Waals surface area contributed by atoms with Crippen LogP contribution in [0.3, 0.4) is 0 Å². The van der Waals surface area contributed by atoms with Gasteiger partial charge in [0.2, 0.25) is 0 Å². The van der Waals surface area contributed by atoms with Crippen molar-refractivity contribution in [2.24, 2.45) is 0 Å². The number of sulfone groups is 1. The number of likely N-dealkylation sites (N-methyl/N-ethyl adjacent to an activating group) is 1. The third-order valence-electron chi connectivity index (χ3n) is 3.13. The zero-order valence-electron chi connectivity index (χ0n) is 12.3. The predicted octanol–water partition coefficient (Wildman–Crippen LogP) is 2.26. The van der Waals surface area contributed by atoms with Crippen molar-refractivity contribution in [1.82, 2.24) is 5.32 Å². The number of hydrogen-bond acceptors (Lipinski definition) is 4. The number of rotatable bonds is 10. The summed E-state index contributed by atoms with van der Waals surface area (Å²) in [5.74, 6) is 1.33. The van der Waals surface area contributed by atoms with Gasteiger partial charge in [-0.05, 0) is 31.5 Å². The molecule has 20 heavy (non-hydrogen) atoms. The van der Waals surface area contributed by atoms with E-state index in [1.807, 2.05) is 37.3 Å². The topological polar surface area (TPSA) is 55.4 Å². The van der Waals surface area contributed by atoms with E-state index in [-0.39, 0.29) is 17.5 Å². The molecule has 0 aliphatic heterocycles. The van der Waals surface area contributed by atoms with Crippen molar-refractivity contribution in [3.8, 4) is 5.75 Å². The molecule has 0 saturated heterocycles. The lowest BCUT2D eigenvalue weighted by Crippen LogP contribution is -2.35. The first-order chi connectivity index (χ1) is 9.57. The van der Waals surface area contributed by atoms with Crippen LogP contribution in [0.1, 0.15) is 26.7 Å². The highest BCUT2D eigenvalue weighted by Crippen LogP contribution is 2.10. The molecule has 0 spiro atoms. The van der Waals surface area contributed by atoms with Gasteiger partial charge in [0.25, 0.3) is 0 Å². The smallest absolute Gasteiger partial charge is 0.150 e. The van der Waals surface area contributed by atoms with Gasteiger partial charge in [-0.1, -0.05) is 32.0 Å². The zero-order valence-corrected chi connectivity index (χ0v) is 13.2. The lowest BCUT2D eigenvalue weighted by Gasteiger charge is -2.18. The summed E-state index contributed by atoms with van der Waals surface area (Å²) in [7, 11) is -2.87. The summed E-state index contributed by atoms with van der Waals surface area (Å²) < 4.78 is 28.7. The highest BCUT2D eigenvalue weighted by Gasteiger charge is 2.12. The highest BCUT2D eigenvalue weighted by molar-refractivity contribution is 7.91. The second kappa shape index (κ2) is 8.97. The molecule has 1 rings (SSSR count). The fraction of sp³-hybridized carbons (Fsp3) is 0.600. The molecule has 4 nitrogen and oxygen atoms in total. The minimum atomic E-state index is -2.87. The van der Waals surface area contributed by atoms with Crippen molar-refractivity contribution < 1.29 is 13.2 Å². The second-order valence-corrected chi connectivity index (χ2v) is 7.23. The van der Waals surface area contributed by atoms with E-state index in [0.29, 0.717) is 13.0 Å². The molecule has 0 amide bonds. The SMILES string of the molecule is CCNC(CCCS(=O)(=O)CC)COc1ccccc1. The summed E-state index contributed by atoms with van der Waals surface area (Å²) in [6.07, 6.45) is 1.48. The van der Waals surface area contributed by atoms with E-state index in [9.17, 15) is 8.42 Å². The molecule has 1 aromatic carbocycles. The van der Waals surface area contributed by atoms with E-state index < -0.39 is 9.84 Å². The molecule has 114 valence electrons. The summed E-state index contributed by atoms with van der Waals surface area (Å²) in [6, 6.07) is 9.85.